The molecule has 0 aromatic carbocycles. The molecule has 8 heteroatoms. The SMILES string of the molecule is CC(C)N(C)S(=O)(=O)N1CCN(c2ncccc2N)CC1. The standard InChI is InChI=1S/C13H23N5O2S/c1-11(2)16(3)21(19,20)18-9-7-17(8-10-18)13-12(14)5-4-6-15-13/h4-6,11H,7-10,14H2,1-3H3. The molecular formula is C13H23N5O2S. The lowest BCUT2D eigenvalue weighted by molar-refractivity contribution is 0.322. The first-order valence-electron chi connectivity index (χ1n) is 7.02. The second kappa shape index (κ2) is 6.17. The van der Waals surface area contributed by atoms with Crippen molar-refractivity contribution >= 4 is 21.7 Å². The van der Waals surface area contributed by atoms with Crippen molar-refractivity contribution in [2.45, 2.75) is 19.9 Å². The van der Waals surface area contributed by atoms with Gasteiger partial charge in [0.15, 0.2) is 5.82 Å². The van der Waals surface area contributed by atoms with Crippen molar-refractivity contribution in [1.29, 1.82) is 0 Å². The Bertz CT molecular complexity index is 582. The first-order valence-corrected chi connectivity index (χ1v) is 8.42. The highest BCUT2D eigenvalue weighted by molar-refractivity contribution is 7.86. The number of hydrogen-bond donors (Lipinski definition) is 1. The summed E-state index contributed by atoms with van der Waals surface area (Å²) < 4.78 is 27.8. The van der Waals surface area contributed by atoms with Crippen LogP contribution in [-0.2, 0) is 10.2 Å². The van der Waals surface area contributed by atoms with Gasteiger partial charge in [0.05, 0.1) is 5.69 Å². The molecule has 0 unspecified atom stereocenters. The molecule has 7 nitrogen and oxygen atoms in total. The zero-order valence-electron chi connectivity index (χ0n) is 12.7. The Kier molecular flexibility index (Phi) is 4.70. The van der Waals surface area contributed by atoms with Crippen LogP contribution in [0.4, 0.5) is 11.5 Å². The number of piperazine rings is 1. The number of nitrogen functional groups attached to an aromatic ring is 1. The quantitative estimate of drug-likeness (QED) is 0.868. The zero-order chi connectivity index (χ0) is 15.6. The topological polar surface area (TPSA) is 82.8 Å². The number of hydrogen-bond acceptors (Lipinski definition) is 5. The van der Waals surface area contributed by atoms with E-state index in [1.165, 1.54) is 8.61 Å². The van der Waals surface area contributed by atoms with Crippen LogP contribution in [0, 0.1) is 0 Å². The lowest BCUT2D eigenvalue weighted by atomic mass is 10.3. The number of aromatic nitrogens is 1. The highest BCUT2D eigenvalue weighted by atomic mass is 32.2. The number of rotatable bonds is 4. The van der Waals surface area contributed by atoms with Gasteiger partial charge in [-0.2, -0.15) is 17.0 Å². The van der Waals surface area contributed by atoms with Gasteiger partial charge in [0, 0.05) is 45.5 Å². The summed E-state index contributed by atoms with van der Waals surface area (Å²) in [4.78, 5) is 6.30. The number of nitrogens with zero attached hydrogens (tertiary/aromatic N) is 4. The van der Waals surface area contributed by atoms with Crippen molar-refractivity contribution in [3.8, 4) is 0 Å². The van der Waals surface area contributed by atoms with Crippen LogP contribution in [0.3, 0.4) is 0 Å². The lowest BCUT2D eigenvalue weighted by Crippen LogP contribution is -2.53. The van der Waals surface area contributed by atoms with Crippen molar-refractivity contribution < 1.29 is 8.42 Å². The Balaban J connectivity index is 2.06. The summed E-state index contributed by atoms with van der Waals surface area (Å²) in [5.74, 6) is 0.728. The monoisotopic (exact) mass is 313 g/mol. The van der Waals surface area contributed by atoms with Gasteiger partial charge >= 0.3 is 0 Å². The highest BCUT2D eigenvalue weighted by Gasteiger charge is 2.32. The number of pyridine rings is 1. The van der Waals surface area contributed by atoms with E-state index in [1.807, 2.05) is 18.7 Å². The molecule has 0 saturated carbocycles. The first kappa shape index (κ1) is 16.0. The number of nitrogens with two attached hydrogens (primary N) is 1. The summed E-state index contributed by atoms with van der Waals surface area (Å²) in [6, 6.07) is 3.54. The Morgan fingerprint density at radius 3 is 2.43 bits per heavy atom. The maximum absolute atomic E-state index is 12.4. The fourth-order valence-electron chi connectivity index (χ4n) is 2.25. The van der Waals surface area contributed by atoms with E-state index >= 15 is 0 Å². The van der Waals surface area contributed by atoms with Gasteiger partial charge in [-0.05, 0) is 26.0 Å². The molecule has 0 bridgehead atoms. The fourth-order valence-corrected chi connectivity index (χ4v) is 3.77. The maximum Gasteiger partial charge on any atom is 0.282 e. The van der Waals surface area contributed by atoms with Gasteiger partial charge in [0.2, 0.25) is 0 Å². The molecule has 0 spiro atoms. The summed E-state index contributed by atoms with van der Waals surface area (Å²) in [5, 5.41) is 0. The Labute approximate surface area is 126 Å². The first-order chi connectivity index (χ1) is 9.84. The van der Waals surface area contributed by atoms with E-state index in [1.54, 1.807) is 25.4 Å². The summed E-state index contributed by atoms with van der Waals surface area (Å²) in [7, 11) is -1.77. The van der Waals surface area contributed by atoms with Gasteiger partial charge in [0.25, 0.3) is 10.2 Å². The molecular weight excluding hydrogens is 290 g/mol. The molecule has 2 rings (SSSR count). The lowest BCUT2D eigenvalue weighted by Gasteiger charge is -2.37. The average Bonchev–Trinajstić information content (AvgIpc) is 2.47. The van der Waals surface area contributed by atoms with Crippen LogP contribution in [0.2, 0.25) is 0 Å². The molecule has 1 aromatic heterocycles. The average molecular weight is 313 g/mol. The summed E-state index contributed by atoms with van der Waals surface area (Å²) in [5.41, 5.74) is 6.53. The van der Waals surface area contributed by atoms with E-state index in [0.717, 1.165) is 5.82 Å². The molecule has 1 fully saturated rings. The van der Waals surface area contributed by atoms with Crippen LogP contribution >= 0.6 is 0 Å². The molecule has 0 amide bonds. The molecule has 0 radical (unpaired) electrons. The molecule has 1 aliphatic rings. The maximum atomic E-state index is 12.4. The molecule has 0 atom stereocenters. The van der Waals surface area contributed by atoms with E-state index in [9.17, 15) is 8.42 Å². The minimum Gasteiger partial charge on any atom is -0.396 e. The van der Waals surface area contributed by atoms with Gasteiger partial charge in [-0.1, -0.05) is 0 Å². The van der Waals surface area contributed by atoms with Crippen LogP contribution in [-0.4, -0.2) is 61.3 Å². The van der Waals surface area contributed by atoms with Crippen LogP contribution in [0.1, 0.15) is 13.8 Å². The Morgan fingerprint density at radius 1 is 1.29 bits per heavy atom. The summed E-state index contributed by atoms with van der Waals surface area (Å²) in [6.07, 6.45) is 1.70. The third kappa shape index (κ3) is 3.28. The smallest absolute Gasteiger partial charge is 0.282 e. The Morgan fingerprint density at radius 2 is 1.90 bits per heavy atom. The molecule has 21 heavy (non-hydrogen) atoms. The van der Waals surface area contributed by atoms with Gasteiger partial charge in [-0.15, -0.1) is 0 Å². The Hall–Kier alpha value is -1.38. The van der Waals surface area contributed by atoms with Crippen LogP contribution in [0.15, 0.2) is 18.3 Å². The largest absolute Gasteiger partial charge is 0.396 e. The third-order valence-corrected chi connectivity index (χ3v) is 5.94. The second-order valence-electron chi connectivity index (χ2n) is 5.42. The van der Waals surface area contributed by atoms with E-state index < -0.39 is 10.2 Å². The van der Waals surface area contributed by atoms with Crippen LogP contribution < -0.4 is 10.6 Å². The van der Waals surface area contributed by atoms with Gasteiger partial charge in [0.1, 0.15) is 0 Å². The molecule has 1 aliphatic heterocycles. The second-order valence-corrected chi connectivity index (χ2v) is 7.41. The molecule has 0 aliphatic carbocycles. The highest BCUT2D eigenvalue weighted by Crippen LogP contribution is 2.22. The minimum atomic E-state index is -3.39. The summed E-state index contributed by atoms with van der Waals surface area (Å²) >= 11 is 0. The van der Waals surface area contributed by atoms with E-state index in [-0.39, 0.29) is 6.04 Å². The van der Waals surface area contributed by atoms with Crippen LogP contribution in [0.5, 0.6) is 0 Å². The van der Waals surface area contributed by atoms with Crippen molar-refractivity contribution in [3.63, 3.8) is 0 Å². The van der Waals surface area contributed by atoms with Crippen molar-refractivity contribution in [2.75, 3.05) is 43.9 Å². The minimum absolute atomic E-state index is 0.0561. The molecule has 1 aromatic rings. The van der Waals surface area contributed by atoms with E-state index in [2.05, 4.69) is 4.98 Å². The summed E-state index contributed by atoms with van der Waals surface area (Å²) in [6.45, 7) is 5.79. The molecule has 2 N–H and O–H groups in total. The normalized spacial score (nSPS) is 17.7. The van der Waals surface area contributed by atoms with E-state index in [0.29, 0.717) is 31.9 Å². The van der Waals surface area contributed by atoms with E-state index in [4.69, 9.17) is 5.73 Å². The third-order valence-electron chi connectivity index (χ3n) is 3.77. The van der Waals surface area contributed by atoms with Gasteiger partial charge in [-0.25, -0.2) is 4.98 Å². The van der Waals surface area contributed by atoms with Crippen molar-refractivity contribution in [1.82, 2.24) is 13.6 Å². The molecule has 118 valence electrons. The van der Waals surface area contributed by atoms with Crippen molar-refractivity contribution in [2.24, 2.45) is 0 Å². The van der Waals surface area contributed by atoms with Crippen molar-refractivity contribution in [3.05, 3.63) is 18.3 Å². The molecule has 1 saturated heterocycles. The van der Waals surface area contributed by atoms with Gasteiger partial charge < -0.3 is 10.6 Å². The fraction of sp³-hybridized carbons (Fsp3) is 0.615. The predicted octanol–water partition coefficient (Wildman–Crippen LogP) is 0.371. The number of anilines is 2. The molecule has 2 heterocycles. The predicted molar refractivity (Wildman–Crippen MR) is 84.3 cm³/mol. The zero-order valence-corrected chi connectivity index (χ0v) is 13.5. The van der Waals surface area contributed by atoms with Crippen LogP contribution in [0.25, 0.3) is 0 Å². The van der Waals surface area contributed by atoms with Gasteiger partial charge in [-0.3, -0.25) is 0 Å².